The van der Waals surface area contributed by atoms with E-state index in [1.165, 1.54) is 27.8 Å². The second-order valence-electron chi connectivity index (χ2n) is 3.50. The van der Waals surface area contributed by atoms with Crippen molar-refractivity contribution in [1.29, 1.82) is 0 Å². The van der Waals surface area contributed by atoms with Crippen molar-refractivity contribution < 1.29 is 0 Å². The monoisotopic (exact) mass is 205 g/mol. The fourth-order valence-electron chi connectivity index (χ4n) is 1.63. The molecule has 2 aromatic rings. The molecule has 0 spiro atoms. The maximum Gasteiger partial charge on any atom is 0.0459 e. The molecule has 1 heterocycles. The fourth-order valence-corrected chi connectivity index (χ4v) is 2.29. The smallest absolute Gasteiger partial charge is 0.0459 e. The SMILES string of the molecule is CCSCc1c[nH]c2cc(C)ccc12. The fraction of sp³-hybridized carbons (Fsp3) is 0.333. The summed E-state index contributed by atoms with van der Waals surface area (Å²) in [6.45, 7) is 4.32. The molecule has 0 aliphatic heterocycles. The molecule has 0 aliphatic carbocycles. The zero-order chi connectivity index (χ0) is 9.97. The number of rotatable bonds is 3. The zero-order valence-electron chi connectivity index (χ0n) is 8.63. The molecule has 0 saturated heterocycles. The van der Waals surface area contributed by atoms with E-state index in [-0.39, 0.29) is 0 Å². The van der Waals surface area contributed by atoms with Crippen LogP contribution in [0.5, 0.6) is 0 Å². The molecule has 1 aromatic carbocycles. The van der Waals surface area contributed by atoms with Gasteiger partial charge in [-0.25, -0.2) is 0 Å². The van der Waals surface area contributed by atoms with Crippen molar-refractivity contribution in [1.82, 2.24) is 4.98 Å². The molecule has 0 saturated carbocycles. The van der Waals surface area contributed by atoms with Gasteiger partial charge in [0, 0.05) is 22.9 Å². The normalized spacial score (nSPS) is 11.0. The Kier molecular flexibility index (Phi) is 2.82. The topological polar surface area (TPSA) is 15.8 Å². The quantitative estimate of drug-likeness (QED) is 0.807. The molecule has 2 heteroatoms. The molecule has 0 unspecified atom stereocenters. The number of nitrogens with one attached hydrogen (secondary N) is 1. The zero-order valence-corrected chi connectivity index (χ0v) is 9.45. The highest BCUT2D eigenvalue weighted by Crippen LogP contribution is 2.23. The summed E-state index contributed by atoms with van der Waals surface area (Å²) >= 11 is 1.96. The Balaban J connectivity index is 2.37. The van der Waals surface area contributed by atoms with Crippen LogP contribution in [-0.2, 0) is 5.75 Å². The number of aromatic amines is 1. The number of hydrogen-bond donors (Lipinski definition) is 1. The maximum absolute atomic E-state index is 3.32. The predicted octanol–water partition coefficient (Wildman–Crippen LogP) is 3.73. The maximum atomic E-state index is 3.32. The third kappa shape index (κ3) is 1.80. The number of hydrogen-bond acceptors (Lipinski definition) is 1. The number of fused-ring (bicyclic) bond motifs is 1. The molecule has 0 atom stereocenters. The number of H-pyrrole nitrogens is 1. The minimum absolute atomic E-state index is 1.11. The third-order valence-corrected chi connectivity index (χ3v) is 3.31. The van der Waals surface area contributed by atoms with E-state index in [4.69, 9.17) is 0 Å². The van der Waals surface area contributed by atoms with E-state index in [0.717, 1.165) is 5.75 Å². The van der Waals surface area contributed by atoms with Crippen molar-refractivity contribution in [3.8, 4) is 0 Å². The Labute approximate surface area is 88.9 Å². The van der Waals surface area contributed by atoms with Crippen LogP contribution in [-0.4, -0.2) is 10.7 Å². The van der Waals surface area contributed by atoms with Crippen LogP contribution < -0.4 is 0 Å². The van der Waals surface area contributed by atoms with Gasteiger partial charge in [-0.15, -0.1) is 0 Å². The first-order valence-electron chi connectivity index (χ1n) is 4.95. The van der Waals surface area contributed by atoms with Gasteiger partial charge in [-0.2, -0.15) is 11.8 Å². The summed E-state index contributed by atoms with van der Waals surface area (Å²) in [6, 6.07) is 6.60. The minimum atomic E-state index is 1.11. The molecule has 1 nitrogen and oxygen atoms in total. The second-order valence-corrected chi connectivity index (χ2v) is 4.77. The highest BCUT2D eigenvalue weighted by molar-refractivity contribution is 7.98. The van der Waals surface area contributed by atoms with Gasteiger partial charge in [0.1, 0.15) is 0 Å². The Hall–Kier alpha value is -0.890. The largest absolute Gasteiger partial charge is 0.361 e. The summed E-state index contributed by atoms with van der Waals surface area (Å²) in [7, 11) is 0. The van der Waals surface area contributed by atoms with E-state index in [1.54, 1.807) is 0 Å². The standard InChI is InChI=1S/C12H15NS/c1-3-14-8-10-7-13-12-6-9(2)4-5-11(10)12/h4-7,13H,3,8H2,1-2H3. The molecule has 0 amide bonds. The van der Waals surface area contributed by atoms with Crippen LogP contribution in [0.15, 0.2) is 24.4 Å². The highest BCUT2D eigenvalue weighted by atomic mass is 32.2. The first-order valence-corrected chi connectivity index (χ1v) is 6.11. The van der Waals surface area contributed by atoms with Gasteiger partial charge in [-0.1, -0.05) is 19.1 Å². The number of thioether (sulfide) groups is 1. The Morgan fingerprint density at radius 1 is 1.36 bits per heavy atom. The van der Waals surface area contributed by atoms with Crippen molar-refractivity contribution in [2.24, 2.45) is 0 Å². The van der Waals surface area contributed by atoms with Crippen molar-refractivity contribution in [3.63, 3.8) is 0 Å². The van der Waals surface area contributed by atoms with E-state index < -0.39 is 0 Å². The van der Waals surface area contributed by atoms with Gasteiger partial charge >= 0.3 is 0 Å². The highest BCUT2D eigenvalue weighted by Gasteiger charge is 2.02. The lowest BCUT2D eigenvalue weighted by atomic mass is 10.1. The number of benzene rings is 1. The lowest BCUT2D eigenvalue weighted by molar-refractivity contribution is 1.38. The van der Waals surface area contributed by atoms with Gasteiger partial charge in [0.2, 0.25) is 0 Å². The molecule has 0 aliphatic rings. The summed E-state index contributed by atoms with van der Waals surface area (Å²) < 4.78 is 0. The number of aromatic nitrogens is 1. The van der Waals surface area contributed by atoms with Crippen molar-refractivity contribution >= 4 is 22.7 Å². The summed E-state index contributed by atoms with van der Waals surface area (Å²) in [5, 5.41) is 1.37. The third-order valence-electron chi connectivity index (χ3n) is 2.38. The van der Waals surface area contributed by atoms with Crippen LogP contribution in [0.1, 0.15) is 18.1 Å². The Morgan fingerprint density at radius 3 is 3.00 bits per heavy atom. The summed E-state index contributed by atoms with van der Waals surface area (Å²) in [5.41, 5.74) is 4.00. The van der Waals surface area contributed by atoms with E-state index in [2.05, 4.69) is 43.2 Å². The van der Waals surface area contributed by atoms with E-state index in [9.17, 15) is 0 Å². The first-order chi connectivity index (χ1) is 6.81. The van der Waals surface area contributed by atoms with Crippen molar-refractivity contribution in [3.05, 3.63) is 35.5 Å². The van der Waals surface area contributed by atoms with E-state index in [1.807, 2.05) is 11.8 Å². The minimum Gasteiger partial charge on any atom is -0.361 e. The summed E-state index contributed by atoms with van der Waals surface area (Å²) in [5.74, 6) is 2.29. The molecule has 2 rings (SSSR count). The lowest BCUT2D eigenvalue weighted by Crippen LogP contribution is -1.78. The van der Waals surface area contributed by atoms with Gasteiger partial charge in [0.05, 0.1) is 0 Å². The molecule has 1 aromatic heterocycles. The van der Waals surface area contributed by atoms with Crippen molar-refractivity contribution in [2.45, 2.75) is 19.6 Å². The average molecular weight is 205 g/mol. The van der Waals surface area contributed by atoms with Gasteiger partial charge < -0.3 is 4.98 Å². The second kappa shape index (κ2) is 4.09. The van der Waals surface area contributed by atoms with Crippen LogP contribution in [0.2, 0.25) is 0 Å². The van der Waals surface area contributed by atoms with E-state index >= 15 is 0 Å². The van der Waals surface area contributed by atoms with Crippen LogP contribution in [0.25, 0.3) is 10.9 Å². The molecule has 0 radical (unpaired) electrons. The molecule has 74 valence electrons. The molecular weight excluding hydrogens is 190 g/mol. The van der Waals surface area contributed by atoms with Gasteiger partial charge in [-0.05, 0) is 29.9 Å². The first kappa shape index (κ1) is 9.66. The van der Waals surface area contributed by atoms with Crippen LogP contribution in [0, 0.1) is 6.92 Å². The predicted molar refractivity (Wildman–Crippen MR) is 64.9 cm³/mol. The summed E-state index contributed by atoms with van der Waals surface area (Å²) in [6.07, 6.45) is 2.13. The summed E-state index contributed by atoms with van der Waals surface area (Å²) in [4.78, 5) is 3.32. The Morgan fingerprint density at radius 2 is 2.21 bits per heavy atom. The van der Waals surface area contributed by atoms with Gasteiger partial charge in [-0.3, -0.25) is 0 Å². The Bertz CT molecular complexity index is 431. The van der Waals surface area contributed by atoms with Gasteiger partial charge in [0.25, 0.3) is 0 Å². The number of aryl methyl sites for hydroxylation is 1. The average Bonchev–Trinajstić information content (AvgIpc) is 2.57. The molecule has 0 fully saturated rings. The van der Waals surface area contributed by atoms with Crippen molar-refractivity contribution in [2.75, 3.05) is 5.75 Å². The molecule has 0 bridgehead atoms. The van der Waals surface area contributed by atoms with Crippen LogP contribution >= 0.6 is 11.8 Å². The van der Waals surface area contributed by atoms with Gasteiger partial charge in [0.15, 0.2) is 0 Å². The van der Waals surface area contributed by atoms with Crippen LogP contribution in [0.3, 0.4) is 0 Å². The van der Waals surface area contributed by atoms with E-state index in [0.29, 0.717) is 0 Å². The molecule has 1 N–H and O–H groups in total. The lowest BCUT2D eigenvalue weighted by Gasteiger charge is -1.97. The molecule has 14 heavy (non-hydrogen) atoms. The van der Waals surface area contributed by atoms with Crippen LogP contribution in [0.4, 0.5) is 0 Å². The molecular formula is C12H15NS.